The molecule has 0 aliphatic heterocycles. The van der Waals surface area contributed by atoms with E-state index in [4.69, 9.17) is 4.74 Å². The van der Waals surface area contributed by atoms with Crippen LogP contribution in [-0.4, -0.2) is 9.97 Å². The number of fused-ring (bicyclic) bond motifs is 1. The van der Waals surface area contributed by atoms with Crippen LogP contribution in [0.1, 0.15) is 22.5 Å². The third-order valence-corrected chi connectivity index (χ3v) is 5.83. The predicted octanol–water partition coefficient (Wildman–Crippen LogP) is 7.18. The molecule has 4 nitrogen and oxygen atoms in total. The number of hydrogen-bond acceptors (Lipinski definition) is 3. The van der Waals surface area contributed by atoms with Crippen molar-refractivity contribution in [2.24, 2.45) is 0 Å². The third-order valence-electron chi connectivity index (χ3n) is 4.65. The van der Waals surface area contributed by atoms with Crippen molar-refractivity contribution in [2.45, 2.75) is 13.5 Å². The van der Waals surface area contributed by atoms with Crippen molar-refractivity contribution < 1.29 is 9.13 Å². The Morgan fingerprint density at radius 3 is 2.52 bits per heavy atom. The molecule has 7 heteroatoms. The monoisotopic (exact) mass is 539 g/mol. The average molecular weight is 541 g/mol. The summed E-state index contributed by atoms with van der Waals surface area (Å²) in [7, 11) is 0. The maximum absolute atomic E-state index is 13.4. The first-order valence-corrected chi connectivity index (χ1v) is 11.0. The molecule has 0 saturated carbocycles. The Hall–Kier alpha value is -2.95. The van der Waals surface area contributed by atoms with Crippen molar-refractivity contribution in [1.29, 1.82) is 5.26 Å². The molecule has 1 aromatic heterocycles. The molecule has 0 aliphatic carbocycles. The van der Waals surface area contributed by atoms with E-state index in [0.717, 1.165) is 20.1 Å². The van der Waals surface area contributed by atoms with Crippen LogP contribution in [0.2, 0.25) is 0 Å². The van der Waals surface area contributed by atoms with Crippen LogP contribution in [0, 0.1) is 24.1 Å². The number of aryl methyl sites for hydroxylation is 1. The number of nitriles is 1. The van der Waals surface area contributed by atoms with E-state index in [1.165, 1.54) is 17.7 Å². The summed E-state index contributed by atoms with van der Waals surface area (Å²) in [6.07, 6.45) is 1.72. The number of nitrogens with zero attached hydrogens (tertiary/aromatic N) is 2. The van der Waals surface area contributed by atoms with E-state index in [2.05, 4.69) is 47.9 Å². The van der Waals surface area contributed by atoms with Crippen molar-refractivity contribution in [3.05, 3.63) is 91.9 Å². The maximum Gasteiger partial charge on any atom is 0.149 e. The number of aromatic amines is 1. The van der Waals surface area contributed by atoms with Gasteiger partial charge in [0.1, 0.15) is 30.1 Å². The number of H-pyrrole nitrogens is 1. The van der Waals surface area contributed by atoms with E-state index in [1.54, 1.807) is 12.1 Å². The topological polar surface area (TPSA) is 61.7 Å². The van der Waals surface area contributed by atoms with Crippen molar-refractivity contribution in [1.82, 2.24) is 9.97 Å². The van der Waals surface area contributed by atoms with Gasteiger partial charge in [-0.1, -0.05) is 29.8 Å². The van der Waals surface area contributed by atoms with E-state index in [1.807, 2.05) is 43.3 Å². The van der Waals surface area contributed by atoms with Crippen molar-refractivity contribution >= 4 is 54.5 Å². The lowest BCUT2D eigenvalue weighted by Crippen LogP contribution is -1.97. The van der Waals surface area contributed by atoms with Crippen LogP contribution in [0.5, 0.6) is 5.75 Å². The fourth-order valence-corrected chi connectivity index (χ4v) is 4.52. The highest BCUT2D eigenvalue weighted by Gasteiger charge is 2.12. The van der Waals surface area contributed by atoms with Crippen molar-refractivity contribution in [2.75, 3.05) is 0 Å². The zero-order valence-electron chi connectivity index (χ0n) is 16.4. The van der Waals surface area contributed by atoms with Gasteiger partial charge in [-0.05, 0) is 86.3 Å². The normalized spacial score (nSPS) is 11.5. The first-order chi connectivity index (χ1) is 14.9. The van der Waals surface area contributed by atoms with Gasteiger partial charge < -0.3 is 9.72 Å². The van der Waals surface area contributed by atoms with Crippen LogP contribution in [0.3, 0.4) is 0 Å². The lowest BCUT2D eigenvalue weighted by Gasteiger charge is -2.12. The first-order valence-electron chi connectivity index (χ1n) is 9.38. The van der Waals surface area contributed by atoms with Crippen molar-refractivity contribution in [3.63, 3.8) is 0 Å². The number of allylic oxidation sites excluding steroid dienone is 1. The number of nitrogens with one attached hydrogen (secondary N) is 1. The van der Waals surface area contributed by atoms with Crippen LogP contribution in [0.15, 0.2) is 63.5 Å². The van der Waals surface area contributed by atoms with Gasteiger partial charge in [0.2, 0.25) is 0 Å². The molecule has 0 saturated heterocycles. The van der Waals surface area contributed by atoms with Gasteiger partial charge >= 0.3 is 0 Å². The Balaban J connectivity index is 1.60. The minimum absolute atomic E-state index is 0.337. The predicted molar refractivity (Wildman–Crippen MR) is 127 cm³/mol. The number of halogens is 3. The van der Waals surface area contributed by atoms with E-state index >= 15 is 0 Å². The molecule has 31 heavy (non-hydrogen) atoms. The van der Waals surface area contributed by atoms with E-state index in [-0.39, 0.29) is 5.82 Å². The van der Waals surface area contributed by atoms with Gasteiger partial charge in [-0.15, -0.1) is 0 Å². The second-order valence-electron chi connectivity index (χ2n) is 7.00. The van der Waals surface area contributed by atoms with Gasteiger partial charge in [0.25, 0.3) is 0 Å². The Morgan fingerprint density at radius 2 is 1.84 bits per heavy atom. The third kappa shape index (κ3) is 4.87. The fourth-order valence-electron chi connectivity index (χ4n) is 3.07. The van der Waals surface area contributed by atoms with Gasteiger partial charge in [-0.2, -0.15) is 5.26 Å². The number of hydrogen-bond donors (Lipinski definition) is 1. The lowest BCUT2D eigenvalue weighted by atomic mass is 10.1. The molecule has 0 amide bonds. The molecule has 4 rings (SSSR count). The fraction of sp³-hybridized carbons (Fsp3) is 0.0833. The van der Waals surface area contributed by atoms with Gasteiger partial charge in [0, 0.05) is 0 Å². The minimum Gasteiger partial charge on any atom is -0.487 e. The van der Waals surface area contributed by atoms with Crippen LogP contribution in [0.25, 0.3) is 22.7 Å². The molecule has 0 unspecified atom stereocenters. The standard InChI is InChI=1S/C24H16Br2FN3O/c1-14-2-4-15(5-3-14)13-31-23-19(25)9-16(10-20(23)26)8-17(12-28)24-29-21-7-6-18(27)11-22(21)30-24/h2-11H,13H2,1H3,(H,29,30)/b17-8-. The summed E-state index contributed by atoms with van der Waals surface area (Å²) >= 11 is 7.11. The van der Waals surface area contributed by atoms with E-state index in [9.17, 15) is 9.65 Å². The molecule has 0 aliphatic rings. The second-order valence-corrected chi connectivity index (χ2v) is 8.71. The summed E-state index contributed by atoms with van der Waals surface area (Å²) in [5, 5.41) is 9.64. The molecule has 0 fully saturated rings. The highest BCUT2D eigenvalue weighted by molar-refractivity contribution is 9.11. The number of benzene rings is 3. The quantitative estimate of drug-likeness (QED) is 0.273. The number of imidazole rings is 1. The summed E-state index contributed by atoms with van der Waals surface area (Å²) in [5.74, 6) is 0.699. The molecule has 3 aromatic carbocycles. The Morgan fingerprint density at radius 1 is 1.13 bits per heavy atom. The average Bonchev–Trinajstić information content (AvgIpc) is 3.15. The molecule has 1 N–H and O–H groups in total. The Bertz CT molecular complexity index is 1310. The highest BCUT2D eigenvalue weighted by atomic mass is 79.9. The zero-order valence-corrected chi connectivity index (χ0v) is 19.6. The lowest BCUT2D eigenvalue weighted by molar-refractivity contribution is 0.302. The summed E-state index contributed by atoms with van der Waals surface area (Å²) < 4.78 is 20.9. The number of aromatic nitrogens is 2. The molecule has 4 aromatic rings. The molecule has 0 bridgehead atoms. The van der Waals surface area contributed by atoms with Crippen LogP contribution in [0.4, 0.5) is 4.39 Å². The molecular formula is C24H16Br2FN3O. The smallest absolute Gasteiger partial charge is 0.149 e. The highest BCUT2D eigenvalue weighted by Crippen LogP contribution is 2.36. The summed E-state index contributed by atoms with van der Waals surface area (Å²) in [6, 6.07) is 18.3. The summed E-state index contributed by atoms with van der Waals surface area (Å²) in [4.78, 5) is 7.39. The number of rotatable bonds is 5. The van der Waals surface area contributed by atoms with E-state index < -0.39 is 0 Å². The Kier molecular flexibility index (Phi) is 6.21. The maximum atomic E-state index is 13.4. The molecule has 154 valence electrons. The van der Waals surface area contributed by atoms with Gasteiger partial charge in [0.15, 0.2) is 0 Å². The molecule has 1 heterocycles. The molecular weight excluding hydrogens is 525 g/mol. The Labute approximate surface area is 195 Å². The van der Waals surface area contributed by atoms with Gasteiger partial charge in [0.05, 0.1) is 25.6 Å². The zero-order chi connectivity index (χ0) is 22.0. The molecule has 0 radical (unpaired) electrons. The first kappa shape index (κ1) is 21.3. The van der Waals surface area contributed by atoms with Crippen LogP contribution in [-0.2, 0) is 6.61 Å². The van der Waals surface area contributed by atoms with E-state index in [0.29, 0.717) is 34.8 Å². The number of ether oxygens (including phenoxy) is 1. The second kappa shape index (κ2) is 9.04. The van der Waals surface area contributed by atoms with Gasteiger partial charge in [-0.25, -0.2) is 9.37 Å². The minimum atomic E-state index is -0.362. The summed E-state index contributed by atoms with van der Waals surface area (Å²) in [5.41, 5.74) is 4.53. The van der Waals surface area contributed by atoms with Crippen LogP contribution < -0.4 is 4.74 Å². The largest absolute Gasteiger partial charge is 0.487 e. The molecule has 0 spiro atoms. The van der Waals surface area contributed by atoms with Crippen LogP contribution >= 0.6 is 31.9 Å². The summed E-state index contributed by atoms with van der Waals surface area (Å²) in [6.45, 7) is 2.48. The van der Waals surface area contributed by atoms with Crippen molar-refractivity contribution in [3.8, 4) is 11.8 Å². The molecule has 0 atom stereocenters. The SMILES string of the molecule is Cc1ccc(COc2c(Br)cc(/C=C(/C#N)c3nc4ccc(F)cc4[nH]3)cc2Br)cc1. The van der Waals surface area contributed by atoms with Gasteiger partial charge in [-0.3, -0.25) is 0 Å².